The van der Waals surface area contributed by atoms with Gasteiger partial charge in [0.2, 0.25) is 5.91 Å². The van der Waals surface area contributed by atoms with E-state index in [-0.39, 0.29) is 18.3 Å². The van der Waals surface area contributed by atoms with Crippen molar-refractivity contribution >= 4 is 34.0 Å². The van der Waals surface area contributed by atoms with Crippen LogP contribution in [-0.4, -0.2) is 76.6 Å². The van der Waals surface area contributed by atoms with Crippen molar-refractivity contribution in [1.82, 2.24) is 24.6 Å². The minimum atomic E-state index is -1.12. The van der Waals surface area contributed by atoms with Crippen LogP contribution in [0.4, 0.5) is 26.0 Å². The number of ether oxygens (including phenoxy) is 3. The number of rotatable bonds is 10. The van der Waals surface area contributed by atoms with E-state index < -0.39 is 17.5 Å². The molecule has 11 nitrogen and oxygen atoms in total. The maximum Gasteiger partial charge on any atom is 0.246 e. The first kappa shape index (κ1) is 27.2. The lowest BCUT2D eigenvalue weighted by atomic mass is 10.2. The van der Waals surface area contributed by atoms with Crippen molar-refractivity contribution in [1.29, 1.82) is 0 Å². The first-order chi connectivity index (χ1) is 19.4. The highest BCUT2D eigenvalue weighted by Gasteiger charge is 2.22. The number of carbonyl (C=O) groups excluding carboxylic acids is 1. The van der Waals surface area contributed by atoms with Gasteiger partial charge in [0, 0.05) is 24.9 Å². The molecule has 3 heterocycles. The van der Waals surface area contributed by atoms with Crippen molar-refractivity contribution in [3.63, 3.8) is 0 Å². The van der Waals surface area contributed by atoms with Crippen molar-refractivity contribution < 1.29 is 27.8 Å². The van der Waals surface area contributed by atoms with Crippen LogP contribution in [0.25, 0.3) is 10.9 Å². The quantitative estimate of drug-likeness (QED) is 0.304. The lowest BCUT2D eigenvalue weighted by molar-refractivity contribution is -0.116. The predicted octanol–water partition coefficient (Wildman–Crippen LogP) is 3.59. The highest BCUT2D eigenvalue weighted by Crippen LogP contribution is 2.35. The summed E-state index contributed by atoms with van der Waals surface area (Å²) >= 11 is 0. The minimum Gasteiger partial charge on any atom is -0.494 e. The smallest absolute Gasteiger partial charge is 0.246 e. The summed E-state index contributed by atoms with van der Waals surface area (Å²) in [5, 5.41) is 10.4. The fourth-order valence-electron chi connectivity index (χ4n) is 4.28. The van der Waals surface area contributed by atoms with Crippen LogP contribution in [0.2, 0.25) is 0 Å². The Labute approximate surface area is 229 Å². The molecular weight excluding hydrogens is 524 g/mol. The molecule has 0 radical (unpaired) electrons. The van der Waals surface area contributed by atoms with Gasteiger partial charge >= 0.3 is 0 Å². The Kier molecular flexibility index (Phi) is 8.31. The summed E-state index contributed by atoms with van der Waals surface area (Å²) in [7, 11) is 2.04. The topological polar surface area (TPSA) is 116 Å². The number of hydrogen-bond donors (Lipinski definition) is 2. The van der Waals surface area contributed by atoms with Crippen LogP contribution in [0.3, 0.4) is 0 Å². The summed E-state index contributed by atoms with van der Waals surface area (Å²) in [6.07, 6.45) is 4.55. The van der Waals surface area contributed by atoms with Gasteiger partial charge in [0.25, 0.3) is 0 Å². The lowest BCUT2D eigenvalue weighted by Gasteiger charge is -2.32. The second-order valence-electron chi connectivity index (χ2n) is 9.19. The van der Waals surface area contributed by atoms with E-state index in [1.165, 1.54) is 29.3 Å². The number of aromatic nitrogens is 4. The summed E-state index contributed by atoms with van der Waals surface area (Å²) < 4.78 is 46.3. The van der Waals surface area contributed by atoms with Crippen LogP contribution in [0.1, 0.15) is 6.92 Å². The van der Waals surface area contributed by atoms with E-state index in [0.717, 1.165) is 12.6 Å². The fourth-order valence-corrected chi connectivity index (χ4v) is 4.28. The van der Waals surface area contributed by atoms with E-state index in [2.05, 4.69) is 30.6 Å². The third kappa shape index (κ3) is 6.26. The molecule has 2 aromatic heterocycles. The average molecular weight is 554 g/mol. The molecule has 210 valence electrons. The molecule has 0 aliphatic carbocycles. The molecule has 0 unspecified atom stereocenters. The van der Waals surface area contributed by atoms with Crippen LogP contribution >= 0.6 is 0 Å². The van der Waals surface area contributed by atoms with Gasteiger partial charge in [-0.15, -0.1) is 0 Å². The molecule has 1 fully saturated rings. The molecule has 0 spiro atoms. The molecule has 13 heteroatoms. The van der Waals surface area contributed by atoms with Crippen LogP contribution in [0.5, 0.6) is 11.5 Å². The number of halogens is 2. The minimum absolute atomic E-state index is 0.0887. The maximum atomic E-state index is 13.9. The van der Waals surface area contributed by atoms with Crippen molar-refractivity contribution in [2.24, 2.45) is 0 Å². The van der Waals surface area contributed by atoms with Gasteiger partial charge in [-0.1, -0.05) is 6.07 Å². The van der Waals surface area contributed by atoms with Gasteiger partial charge in [-0.3, -0.25) is 14.4 Å². The lowest BCUT2D eigenvalue weighted by Crippen LogP contribution is -2.46. The number of morpholine rings is 1. The molecule has 1 saturated heterocycles. The Morgan fingerprint density at radius 1 is 1.23 bits per heavy atom. The van der Waals surface area contributed by atoms with Gasteiger partial charge in [-0.05, 0) is 26.1 Å². The fraction of sp³-hybridized carbons (Fsp3) is 0.333. The Morgan fingerprint density at radius 3 is 2.92 bits per heavy atom. The Bertz CT molecular complexity index is 1500. The normalized spacial score (nSPS) is 15.7. The SMILES string of the molecule is CCOc1cc(OC[C@H]2COCCN2C)c2c(Nc3cnn(CC(=O)Nc4cccc(F)c4F)c3)ncnc2c1. The van der Waals surface area contributed by atoms with Gasteiger partial charge in [0.1, 0.15) is 36.8 Å². The van der Waals surface area contributed by atoms with Crippen LogP contribution in [0.15, 0.2) is 49.1 Å². The summed E-state index contributed by atoms with van der Waals surface area (Å²) in [4.78, 5) is 23.4. The molecule has 1 atom stereocenters. The zero-order valence-corrected chi connectivity index (χ0v) is 22.1. The highest BCUT2D eigenvalue weighted by molar-refractivity contribution is 5.96. The third-order valence-electron chi connectivity index (χ3n) is 6.37. The number of benzene rings is 2. The third-order valence-corrected chi connectivity index (χ3v) is 6.37. The Morgan fingerprint density at radius 2 is 2.10 bits per heavy atom. The largest absolute Gasteiger partial charge is 0.494 e. The van der Waals surface area contributed by atoms with E-state index in [1.54, 1.807) is 6.20 Å². The van der Waals surface area contributed by atoms with E-state index in [9.17, 15) is 13.6 Å². The van der Waals surface area contributed by atoms with E-state index >= 15 is 0 Å². The number of amides is 1. The average Bonchev–Trinajstić information content (AvgIpc) is 3.37. The molecule has 4 aromatic rings. The molecule has 40 heavy (non-hydrogen) atoms. The number of hydrogen-bond acceptors (Lipinski definition) is 9. The van der Waals surface area contributed by atoms with Gasteiger partial charge in [0.05, 0.1) is 54.3 Å². The van der Waals surface area contributed by atoms with E-state index in [1.807, 2.05) is 26.1 Å². The standard InChI is InChI=1S/C27H29F2N7O4/c1-3-39-19-9-22-25(23(10-19)40-15-18-14-38-8-7-35(18)2)27(31-16-30-22)33-17-11-32-36(12-17)13-24(37)34-21-6-4-5-20(28)26(21)29/h4-6,9-12,16,18H,3,7-8,13-15H2,1-2H3,(H,34,37)(H,30,31,33)/t18-/m1/s1. The highest BCUT2D eigenvalue weighted by atomic mass is 19.2. The number of likely N-dealkylation sites (N-methyl/N-ethyl adjacent to an activating group) is 1. The number of anilines is 3. The summed E-state index contributed by atoms with van der Waals surface area (Å²) in [5.74, 6) is -1.09. The van der Waals surface area contributed by atoms with Crippen molar-refractivity contribution in [2.45, 2.75) is 19.5 Å². The number of fused-ring (bicyclic) bond motifs is 1. The Balaban J connectivity index is 1.34. The van der Waals surface area contributed by atoms with E-state index in [4.69, 9.17) is 14.2 Å². The van der Waals surface area contributed by atoms with Crippen LogP contribution < -0.4 is 20.1 Å². The second-order valence-corrected chi connectivity index (χ2v) is 9.19. The zero-order valence-electron chi connectivity index (χ0n) is 22.1. The molecule has 2 N–H and O–H groups in total. The predicted molar refractivity (Wildman–Crippen MR) is 144 cm³/mol. The second kappa shape index (κ2) is 12.2. The summed E-state index contributed by atoms with van der Waals surface area (Å²) in [6, 6.07) is 7.28. The maximum absolute atomic E-state index is 13.9. The molecule has 0 saturated carbocycles. The molecule has 1 aliphatic heterocycles. The Hall–Kier alpha value is -4.36. The number of carbonyl (C=O) groups is 1. The summed E-state index contributed by atoms with van der Waals surface area (Å²) in [6.45, 7) is 4.65. The monoisotopic (exact) mass is 553 g/mol. The zero-order chi connectivity index (χ0) is 28.1. The van der Waals surface area contributed by atoms with Crippen molar-refractivity contribution in [2.75, 3.05) is 50.7 Å². The van der Waals surface area contributed by atoms with Crippen molar-refractivity contribution in [3.05, 3.63) is 60.7 Å². The molecule has 1 amide bonds. The van der Waals surface area contributed by atoms with Gasteiger partial charge in [-0.2, -0.15) is 5.10 Å². The van der Waals surface area contributed by atoms with Gasteiger partial charge < -0.3 is 24.8 Å². The van der Waals surface area contributed by atoms with Gasteiger partial charge in [0.15, 0.2) is 11.6 Å². The molecule has 0 bridgehead atoms. The van der Waals surface area contributed by atoms with E-state index in [0.29, 0.717) is 60.3 Å². The molecule has 5 rings (SSSR count). The van der Waals surface area contributed by atoms with Gasteiger partial charge in [-0.25, -0.2) is 18.7 Å². The van der Waals surface area contributed by atoms with Crippen molar-refractivity contribution in [3.8, 4) is 11.5 Å². The molecule has 2 aromatic carbocycles. The first-order valence-electron chi connectivity index (χ1n) is 12.8. The van der Waals surface area contributed by atoms with Crippen LogP contribution in [-0.2, 0) is 16.1 Å². The molecule has 1 aliphatic rings. The number of nitrogens with zero attached hydrogens (tertiary/aromatic N) is 5. The van der Waals surface area contributed by atoms with Crippen LogP contribution in [0, 0.1) is 11.6 Å². The summed E-state index contributed by atoms with van der Waals surface area (Å²) in [5.41, 5.74) is 0.925. The first-order valence-corrected chi connectivity index (χ1v) is 12.8. The number of nitrogens with one attached hydrogen (secondary N) is 2. The molecular formula is C27H29F2N7O4.